The molecule has 1 aliphatic rings. The van der Waals surface area contributed by atoms with Crippen LogP contribution in [0.5, 0.6) is 0 Å². The molecular weight excluding hydrogens is 494 g/mol. The molecule has 2 unspecified atom stereocenters. The monoisotopic (exact) mass is 507 g/mol. The number of rotatable bonds is 3. The fraction of sp³-hybridized carbons (Fsp3) is 0.400. The van der Waals surface area contributed by atoms with Crippen molar-refractivity contribution < 1.29 is 26.1 Å². The Bertz CT molecular complexity index is 1070. The topological polar surface area (TPSA) is 101 Å². The summed E-state index contributed by atoms with van der Waals surface area (Å²) in [4.78, 5) is -0.352. The second-order valence-corrected chi connectivity index (χ2v) is 12.8. The minimum absolute atomic E-state index is 0.0506. The van der Waals surface area contributed by atoms with Crippen molar-refractivity contribution in [3.63, 3.8) is 0 Å². The van der Waals surface area contributed by atoms with Crippen molar-refractivity contribution in [1.82, 2.24) is 9.78 Å². The van der Waals surface area contributed by atoms with Gasteiger partial charge in [0.2, 0.25) is 4.08 Å². The van der Waals surface area contributed by atoms with E-state index in [1.807, 2.05) is 0 Å². The third-order valence-electron chi connectivity index (χ3n) is 4.31. The van der Waals surface area contributed by atoms with Gasteiger partial charge in [-0.25, -0.2) is 13.1 Å². The molecule has 160 valence electrons. The SMILES string of the molecule is CC1(c2nn(-c3c(Cl)cc(C(F)(F)F)cc3Cl)c(N)c2S(C)(=O)=O)SCC[S+]1[O-]. The number of nitrogens with two attached hydrogens (primary N) is 1. The van der Waals surface area contributed by atoms with Gasteiger partial charge in [0.1, 0.15) is 27.8 Å². The van der Waals surface area contributed by atoms with E-state index in [-0.39, 0.29) is 22.1 Å². The van der Waals surface area contributed by atoms with Gasteiger partial charge in [0.25, 0.3) is 0 Å². The second kappa shape index (κ2) is 7.41. The molecule has 0 bridgehead atoms. The summed E-state index contributed by atoms with van der Waals surface area (Å²) in [6, 6.07) is 1.29. The first-order valence-corrected chi connectivity index (χ1v) is 12.8. The van der Waals surface area contributed by atoms with Gasteiger partial charge in [-0.1, -0.05) is 35.0 Å². The van der Waals surface area contributed by atoms with Gasteiger partial charge < -0.3 is 10.3 Å². The average Bonchev–Trinajstić information content (AvgIpc) is 3.07. The first kappa shape index (κ1) is 22.9. The molecule has 2 heterocycles. The molecule has 3 rings (SSSR count). The average molecular weight is 508 g/mol. The van der Waals surface area contributed by atoms with E-state index in [0.29, 0.717) is 23.6 Å². The van der Waals surface area contributed by atoms with Gasteiger partial charge in [0, 0.05) is 18.9 Å². The number of benzene rings is 1. The molecular formula is C15H14Cl2F3N3O3S3. The van der Waals surface area contributed by atoms with Crippen molar-refractivity contribution in [2.75, 3.05) is 23.5 Å². The first-order valence-electron chi connectivity index (χ1n) is 7.86. The number of halogens is 5. The molecule has 29 heavy (non-hydrogen) atoms. The number of thioether (sulfide) groups is 1. The normalized spacial score (nSPS) is 23.0. The van der Waals surface area contributed by atoms with Crippen molar-refractivity contribution in [3.05, 3.63) is 33.4 Å². The van der Waals surface area contributed by atoms with Crippen LogP contribution < -0.4 is 5.73 Å². The van der Waals surface area contributed by atoms with Crippen molar-refractivity contribution in [1.29, 1.82) is 0 Å². The minimum Gasteiger partial charge on any atom is -0.615 e. The van der Waals surface area contributed by atoms with E-state index in [9.17, 15) is 26.1 Å². The van der Waals surface area contributed by atoms with Crippen LogP contribution in [0.15, 0.2) is 17.0 Å². The molecule has 2 atom stereocenters. The highest BCUT2D eigenvalue weighted by Gasteiger charge is 2.51. The molecule has 2 N–H and O–H groups in total. The third kappa shape index (κ3) is 3.94. The summed E-state index contributed by atoms with van der Waals surface area (Å²) in [5.74, 6) is 0.469. The van der Waals surface area contributed by atoms with Crippen molar-refractivity contribution >= 4 is 61.8 Å². The van der Waals surface area contributed by atoms with E-state index in [4.69, 9.17) is 28.9 Å². The molecule has 1 aliphatic heterocycles. The lowest BCUT2D eigenvalue weighted by atomic mass is 10.2. The number of nitrogen functional groups attached to an aromatic ring is 1. The molecule has 1 fully saturated rings. The molecule has 2 aromatic rings. The number of alkyl halides is 3. The van der Waals surface area contributed by atoms with Gasteiger partial charge in [-0.05, 0) is 23.3 Å². The Morgan fingerprint density at radius 1 is 1.34 bits per heavy atom. The fourth-order valence-electron chi connectivity index (χ4n) is 2.93. The zero-order chi connectivity index (χ0) is 21.9. The number of sulfone groups is 1. The Kier molecular flexibility index (Phi) is 5.85. The summed E-state index contributed by atoms with van der Waals surface area (Å²) in [6.07, 6.45) is -3.77. The fourth-order valence-corrected chi connectivity index (χ4v) is 8.15. The highest BCUT2D eigenvalue weighted by Crippen LogP contribution is 2.50. The van der Waals surface area contributed by atoms with Crippen LogP contribution in [0.2, 0.25) is 10.0 Å². The molecule has 14 heteroatoms. The van der Waals surface area contributed by atoms with Crippen molar-refractivity contribution in [3.8, 4) is 5.69 Å². The Morgan fingerprint density at radius 3 is 2.31 bits per heavy atom. The Balaban J connectivity index is 2.31. The zero-order valence-electron chi connectivity index (χ0n) is 14.9. The number of anilines is 1. The van der Waals surface area contributed by atoms with Crippen molar-refractivity contribution in [2.24, 2.45) is 0 Å². The molecule has 0 saturated carbocycles. The summed E-state index contributed by atoms with van der Waals surface area (Å²) < 4.78 is 76.1. The van der Waals surface area contributed by atoms with E-state index < -0.39 is 46.9 Å². The van der Waals surface area contributed by atoms with Gasteiger partial charge in [0.05, 0.1) is 15.6 Å². The van der Waals surface area contributed by atoms with Crippen LogP contribution in [0, 0.1) is 0 Å². The molecule has 1 aromatic heterocycles. The molecule has 0 radical (unpaired) electrons. The number of hydrogen-bond acceptors (Lipinski definition) is 6. The lowest BCUT2D eigenvalue weighted by molar-refractivity contribution is -0.137. The van der Waals surface area contributed by atoms with Gasteiger partial charge >= 0.3 is 6.18 Å². The molecule has 1 saturated heterocycles. The zero-order valence-corrected chi connectivity index (χ0v) is 18.8. The summed E-state index contributed by atoms with van der Waals surface area (Å²) in [6.45, 7) is 1.58. The molecule has 0 amide bonds. The van der Waals surface area contributed by atoms with Crippen LogP contribution in [-0.2, 0) is 31.3 Å². The van der Waals surface area contributed by atoms with E-state index in [0.717, 1.165) is 10.9 Å². The number of aromatic nitrogens is 2. The van der Waals surface area contributed by atoms with Crippen LogP contribution in [0.1, 0.15) is 18.2 Å². The lowest BCUT2D eigenvalue weighted by Crippen LogP contribution is -2.28. The first-order chi connectivity index (χ1) is 13.2. The predicted octanol–water partition coefficient (Wildman–Crippen LogP) is 3.85. The van der Waals surface area contributed by atoms with Crippen LogP contribution in [0.3, 0.4) is 0 Å². The second-order valence-electron chi connectivity index (χ2n) is 6.38. The highest BCUT2D eigenvalue weighted by atomic mass is 35.5. The van der Waals surface area contributed by atoms with Crippen LogP contribution in [0.4, 0.5) is 19.0 Å². The lowest BCUT2D eigenvalue weighted by Gasteiger charge is -2.23. The maximum absolute atomic E-state index is 13.0. The quantitative estimate of drug-likeness (QED) is 0.633. The molecule has 0 aliphatic carbocycles. The summed E-state index contributed by atoms with van der Waals surface area (Å²) in [7, 11) is -3.93. The van der Waals surface area contributed by atoms with E-state index >= 15 is 0 Å². The highest BCUT2D eigenvalue weighted by molar-refractivity contribution is 8.17. The predicted molar refractivity (Wildman–Crippen MR) is 109 cm³/mol. The van der Waals surface area contributed by atoms with Gasteiger partial charge in [-0.15, -0.1) is 0 Å². The van der Waals surface area contributed by atoms with Crippen molar-refractivity contribution in [2.45, 2.75) is 22.1 Å². The summed E-state index contributed by atoms with van der Waals surface area (Å²) in [5, 5.41) is 3.37. The third-order valence-corrected chi connectivity index (χ3v) is 9.99. The minimum atomic E-state index is -4.69. The molecule has 6 nitrogen and oxygen atoms in total. The Labute approximate surface area is 182 Å². The summed E-state index contributed by atoms with van der Waals surface area (Å²) in [5.41, 5.74) is 4.70. The van der Waals surface area contributed by atoms with Gasteiger partial charge in [-0.3, -0.25) is 0 Å². The standard InChI is InChI=1S/C15H14Cl2F3N3O3S3/c1-14(27-3-4-28(14)24)12-11(29(2,25)26)13(21)23(22-12)10-8(16)5-7(6-9(10)17)15(18,19)20/h5-6H,3-4,21H2,1-2H3. The van der Waals surface area contributed by atoms with Gasteiger partial charge in [-0.2, -0.15) is 18.3 Å². The Morgan fingerprint density at radius 2 is 1.90 bits per heavy atom. The van der Waals surface area contributed by atoms with Crippen LogP contribution >= 0.6 is 35.0 Å². The van der Waals surface area contributed by atoms with E-state index in [1.54, 1.807) is 6.92 Å². The molecule has 0 spiro atoms. The van der Waals surface area contributed by atoms with Crippen LogP contribution in [-0.4, -0.2) is 40.5 Å². The van der Waals surface area contributed by atoms with Gasteiger partial charge in [0.15, 0.2) is 9.84 Å². The number of nitrogens with zero attached hydrogens (tertiary/aromatic N) is 2. The smallest absolute Gasteiger partial charge is 0.416 e. The van der Waals surface area contributed by atoms with Crippen LogP contribution in [0.25, 0.3) is 5.69 Å². The maximum Gasteiger partial charge on any atom is 0.416 e. The summed E-state index contributed by atoms with van der Waals surface area (Å²) >= 11 is 11.9. The van der Waals surface area contributed by atoms with E-state index in [1.165, 1.54) is 11.8 Å². The Hall–Kier alpha value is -0.790. The molecule has 1 aromatic carbocycles. The number of hydrogen-bond donors (Lipinski definition) is 1. The maximum atomic E-state index is 13.0. The largest absolute Gasteiger partial charge is 0.615 e. The van der Waals surface area contributed by atoms with E-state index in [2.05, 4.69) is 5.10 Å².